The number of carbonyl (C=O) groups is 2. The van der Waals surface area contributed by atoms with Crippen molar-refractivity contribution in [1.82, 2.24) is 9.88 Å². The highest BCUT2D eigenvalue weighted by Crippen LogP contribution is 2.03. The van der Waals surface area contributed by atoms with E-state index >= 15 is 0 Å². The van der Waals surface area contributed by atoms with Crippen LogP contribution in [0.2, 0.25) is 0 Å². The van der Waals surface area contributed by atoms with Crippen LogP contribution in [0.5, 0.6) is 0 Å². The van der Waals surface area contributed by atoms with Crippen LogP contribution in [0.15, 0.2) is 18.3 Å². The lowest BCUT2D eigenvalue weighted by atomic mass is 10.3. The summed E-state index contributed by atoms with van der Waals surface area (Å²) in [6, 6.07) is 3.37. The van der Waals surface area contributed by atoms with Crippen LogP contribution in [0.25, 0.3) is 0 Å². The van der Waals surface area contributed by atoms with Gasteiger partial charge in [0, 0.05) is 19.8 Å². The van der Waals surface area contributed by atoms with Crippen LogP contribution in [0.4, 0.5) is 0 Å². The number of amides is 1. The fourth-order valence-corrected chi connectivity index (χ4v) is 1.16. The van der Waals surface area contributed by atoms with E-state index in [0.29, 0.717) is 12.2 Å². The first kappa shape index (κ1) is 10.3. The van der Waals surface area contributed by atoms with Crippen LogP contribution in [0, 0.1) is 0 Å². The third-order valence-corrected chi connectivity index (χ3v) is 1.86. The average Bonchev–Trinajstić information content (AvgIpc) is 2.61. The van der Waals surface area contributed by atoms with Crippen LogP contribution >= 0.6 is 0 Å². The summed E-state index contributed by atoms with van der Waals surface area (Å²) in [6.45, 7) is 0.311. The molecule has 1 amide bonds. The van der Waals surface area contributed by atoms with Gasteiger partial charge in [-0.25, -0.2) is 0 Å². The minimum atomic E-state index is -0.874. The number of carbonyl (C=O) groups excluding carboxylic acids is 1. The van der Waals surface area contributed by atoms with Gasteiger partial charge in [0.15, 0.2) is 0 Å². The molecule has 0 saturated heterocycles. The molecule has 0 bridgehead atoms. The van der Waals surface area contributed by atoms with Gasteiger partial charge in [-0.05, 0) is 12.1 Å². The largest absolute Gasteiger partial charge is 0.481 e. The summed E-state index contributed by atoms with van der Waals surface area (Å²) in [5.41, 5.74) is 0.480. The molecule has 1 aromatic rings. The Labute approximate surface area is 81.3 Å². The van der Waals surface area contributed by atoms with Gasteiger partial charge in [0.25, 0.3) is 5.91 Å². The SMILES string of the molecule is CNC(=O)c1cccn1CCC(=O)O. The van der Waals surface area contributed by atoms with Gasteiger partial charge < -0.3 is 15.0 Å². The molecule has 1 rings (SSSR count). The van der Waals surface area contributed by atoms with Crippen LogP contribution < -0.4 is 5.32 Å². The van der Waals surface area contributed by atoms with E-state index in [1.165, 1.54) is 7.05 Å². The summed E-state index contributed by atoms with van der Waals surface area (Å²) in [6.07, 6.45) is 1.70. The van der Waals surface area contributed by atoms with E-state index in [1.54, 1.807) is 22.9 Å². The van der Waals surface area contributed by atoms with Crippen molar-refractivity contribution in [3.8, 4) is 0 Å². The van der Waals surface area contributed by atoms with E-state index in [1.807, 2.05) is 0 Å². The van der Waals surface area contributed by atoms with Gasteiger partial charge in [0.05, 0.1) is 6.42 Å². The molecular weight excluding hydrogens is 184 g/mol. The molecule has 0 aromatic carbocycles. The third-order valence-electron chi connectivity index (χ3n) is 1.86. The van der Waals surface area contributed by atoms with Gasteiger partial charge >= 0.3 is 5.97 Å². The monoisotopic (exact) mass is 196 g/mol. The van der Waals surface area contributed by atoms with Crippen molar-refractivity contribution < 1.29 is 14.7 Å². The molecule has 5 heteroatoms. The summed E-state index contributed by atoms with van der Waals surface area (Å²) < 4.78 is 1.62. The Balaban J connectivity index is 2.72. The maximum atomic E-state index is 11.3. The molecule has 1 aromatic heterocycles. The highest BCUT2D eigenvalue weighted by molar-refractivity contribution is 5.92. The van der Waals surface area contributed by atoms with E-state index in [9.17, 15) is 9.59 Å². The molecule has 5 nitrogen and oxygen atoms in total. The van der Waals surface area contributed by atoms with Crippen molar-refractivity contribution in [3.63, 3.8) is 0 Å². The normalized spacial score (nSPS) is 9.79. The minimum Gasteiger partial charge on any atom is -0.481 e. The predicted molar refractivity (Wildman–Crippen MR) is 50.1 cm³/mol. The van der Waals surface area contributed by atoms with Crippen molar-refractivity contribution in [3.05, 3.63) is 24.0 Å². The highest BCUT2D eigenvalue weighted by atomic mass is 16.4. The van der Waals surface area contributed by atoms with Crippen molar-refractivity contribution in [1.29, 1.82) is 0 Å². The van der Waals surface area contributed by atoms with E-state index in [4.69, 9.17) is 5.11 Å². The first-order valence-electron chi connectivity index (χ1n) is 4.24. The molecule has 76 valence electrons. The molecule has 0 aliphatic rings. The molecule has 0 aliphatic heterocycles. The molecule has 0 fully saturated rings. The van der Waals surface area contributed by atoms with E-state index < -0.39 is 5.97 Å². The summed E-state index contributed by atoms with van der Waals surface area (Å²) >= 11 is 0. The van der Waals surface area contributed by atoms with Crippen LogP contribution in [0.1, 0.15) is 16.9 Å². The zero-order valence-corrected chi connectivity index (χ0v) is 7.86. The summed E-state index contributed by atoms with van der Waals surface area (Å²) in [5, 5.41) is 11.0. The second-order valence-electron chi connectivity index (χ2n) is 2.81. The zero-order chi connectivity index (χ0) is 10.6. The van der Waals surface area contributed by atoms with Crippen molar-refractivity contribution in [2.24, 2.45) is 0 Å². The molecule has 0 atom stereocenters. The van der Waals surface area contributed by atoms with E-state index in [2.05, 4.69) is 5.32 Å². The second-order valence-corrected chi connectivity index (χ2v) is 2.81. The Morgan fingerprint density at radius 3 is 2.86 bits per heavy atom. The zero-order valence-electron chi connectivity index (χ0n) is 7.86. The molecule has 1 heterocycles. The molecule has 0 spiro atoms. The molecule has 0 saturated carbocycles. The van der Waals surface area contributed by atoms with E-state index in [-0.39, 0.29) is 12.3 Å². The number of hydrogen-bond acceptors (Lipinski definition) is 2. The Morgan fingerprint density at radius 1 is 1.57 bits per heavy atom. The fourth-order valence-electron chi connectivity index (χ4n) is 1.16. The van der Waals surface area contributed by atoms with Gasteiger partial charge in [0.2, 0.25) is 0 Å². The number of nitrogens with one attached hydrogen (secondary N) is 1. The van der Waals surface area contributed by atoms with Crippen molar-refractivity contribution in [2.45, 2.75) is 13.0 Å². The Kier molecular flexibility index (Phi) is 3.28. The number of rotatable bonds is 4. The van der Waals surface area contributed by atoms with Crippen LogP contribution in [-0.2, 0) is 11.3 Å². The smallest absolute Gasteiger partial charge is 0.305 e. The van der Waals surface area contributed by atoms with Gasteiger partial charge in [-0.3, -0.25) is 9.59 Å². The second kappa shape index (κ2) is 4.45. The predicted octanol–water partition coefficient (Wildman–Crippen LogP) is 0.322. The number of aliphatic carboxylic acids is 1. The first-order chi connectivity index (χ1) is 6.65. The maximum Gasteiger partial charge on any atom is 0.305 e. The molecule has 0 radical (unpaired) electrons. The molecule has 0 unspecified atom stereocenters. The van der Waals surface area contributed by atoms with E-state index in [0.717, 1.165) is 0 Å². The number of aromatic nitrogens is 1. The van der Waals surface area contributed by atoms with Gasteiger partial charge in [-0.15, -0.1) is 0 Å². The Morgan fingerprint density at radius 2 is 2.29 bits per heavy atom. The number of carboxylic acids is 1. The quantitative estimate of drug-likeness (QED) is 0.728. The minimum absolute atomic E-state index is 0.0126. The third kappa shape index (κ3) is 2.35. The number of carboxylic acid groups (broad SMARTS) is 1. The topological polar surface area (TPSA) is 71.3 Å². The Bertz CT molecular complexity index is 344. The van der Waals surface area contributed by atoms with Crippen molar-refractivity contribution in [2.75, 3.05) is 7.05 Å². The van der Waals surface area contributed by atoms with Crippen molar-refractivity contribution >= 4 is 11.9 Å². The van der Waals surface area contributed by atoms with Gasteiger partial charge in [-0.2, -0.15) is 0 Å². The summed E-state index contributed by atoms with van der Waals surface area (Å²) in [4.78, 5) is 21.6. The highest BCUT2D eigenvalue weighted by Gasteiger charge is 2.08. The summed E-state index contributed by atoms with van der Waals surface area (Å²) in [7, 11) is 1.54. The summed E-state index contributed by atoms with van der Waals surface area (Å²) in [5.74, 6) is -1.08. The lowest BCUT2D eigenvalue weighted by Crippen LogP contribution is -2.21. The number of aryl methyl sites for hydroxylation is 1. The standard InChI is InChI=1S/C9H12N2O3/c1-10-9(14)7-3-2-5-11(7)6-4-8(12)13/h2-3,5H,4,6H2,1H3,(H,10,14)(H,12,13). The molecular formula is C9H12N2O3. The maximum absolute atomic E-state index is 11.3. The lowest BCUT2D eigenvalue weighted by Gasteiger charge is -2.05. The fraction of sp³-hybridized carbons (Fsp3) is 0.333. The van der Waals surface area contributed by atoms with Gasteiger partial charge in [-0.1, -0.05) is 0 Å². The molecule has 14 heavy (non-hydrogen) atoms. The average molecular weight is 196 g/mol. The number of hydrogen-bond donors (Lipinski definition) is 2. The number of nitrogens with zero attached hydrogens (tertiary/aromatic N) is 1. The lowest BCUT2D eigenvalue weighted by molar-refractivity contribution is -0.137. The van der Waals surface area contributed by atoms with Crippen LogP contribution in [-0.4, -0.2) is 28.6 Å². The molecule has 2 N–H and O–H groups in total. The van der Waals surface area contributed by atoms with Gasteiger partial charge in [0.1, 0.15) is 5.69 Å². The Hall–Kier alpha value is -1.78. The first-order valence-corrected chi connectivity index (χ1v) is 4.24. The molecule has 0 aliphatic carbocycles. The van der Waals surface area contributed by atoms with Crippen LogP contribution in [0.3, 0.4) is 0 Å².